The average Bonchev–Trinajstić information content (AvgIpc) is 3.61. The van der Waals surface area contributed by atoms with Gasteiger partial charge < -0.3 is 20.1 Å². The molecule has 9 atom stereocenters. The highest BCUT2D eigenvalue weighted by Crippen LogP contribution is 2.48. The highest BCUT2D eigenvalue weighted by atomic mass is 35.5. The third kappa shape index (κ3) is 5.75. The van der Waals surface area contributed by atoms with Crippen LogP contribution in [0.2, 0.25) is 0 Å². The largest absolute Gasteiger partial charge is 0.481 e. The molecule has 1 aromatic heterocycles. The monoisotopic (exact) mass is 592 g/mol. The van der Waals surface area contributed by atoms with Crippen molar-refractivity contribution < 1.29 is 14.6 Å². The quantitative estimate of drug-likeness (QED) is 0.465. The van der Waals surface area contributed by atoms with Crippen LogP contribution in [0, 0.1) is 24.7 Å². The van der Waals surface area contributed by atoms with Gasteiger partial charge in [0.25, 0.3) is 5.56 Å². The lowest BCUT2D eigenvalue weighted by Gasteiger charge is -2.47. The third-order valence-electron chi connectivity index (χ3n) is 10.4. The number of ether oxygens (including phenoxy) is 1. The zero-order valence-corrected chi connectivity index (χ0v) is 25.5. The Hall–Kier alpha value is -1.13. The fourth-order valence-corrected chi connectivity index (χ4v) is 10.5. The van der Waals surface area contributed by atoms with Crippen molar-refractivity contribution in [2.45, 2.75) is 113 Å². The van der Waals surface area contributed by atoms with Gasteiger partial charge in [-0.15, -0.1) is 11.6 Å². The number of hydrogen-bond acceptors (Lipinski definition) is 7. The van der Waals surface area contributed by atoms with E-state index in [2.05, 4.69) is 17.1 Å². The zero-order valence-electron chi connectivity index (χ0n) is 23.9. The van der Waals surface area contributed by atoms with Crippen LogP contribution >= 0.6 is 23.4 Å². The van der Waals surface area contributed by atoms with E-state index in [0.717, 1.165) is 75.1 Å². The molecule has 0 amide bonds. The lowest BCUT2D eigenvalue weighted by atomic mass is 9.70. The first kappa shape index (κ1) is 29.0. The van der Waals surface area contributed by atoms with E-state index in [4.69, 9.17) is 21.3 Å². The number of nitrogens with one attached hydrogen (secondary N) is 1. The minimum Gasteiger partial charge on any atom is -0.481 e. The number of rotatable bonds is 7. The Balaban J connectivity index is 1.14. The van der Waals surface area contributed by atoms with E-state index in [1.54, 1.807) is 0 Å². The van der Waals surface area contributed by atoms with Crippen molar-refractivity contribution in [2.75, 3.05) is 25.4 Å². The van der Waals surface area contributed by atoms with Gasteiger partial charge in [-0.25, -0.2) is 4.98 Å². The van der Waals surface area contributed by atoms with Gasteiger partial charge in [0.05, 0.1) is 30.9 Å². The number of fused-ring (bicyclic) bond motifs is 2. The van der Waals surface area contributed by atoms with Gasteiger partial charge >= 0.3 is 5.97 Å². The van der Waals surface area contributed by atoms with Crippen molar-refractivity contribution in [2.24, 2.45) is 17.8 Å². The summed E-state index contributed by atoms with van der Waals surface area (Å²) in [5, 5.41) is 13.8. The van der Waals surface area contributed by atoms with Gasteiger partial charge in [-0.3, -0.25) is 14.2 Å². The first-order valence-corrected chi connectivity index (χ1v) is 17.0. The highest BCUT2D eigenvalue weighted by molar-refractivity contribution is 8.00. The molecule has 40 heavy (non-hydrogen) atoms. The van der Waals surface area contributed by atoms with Crippen molar-refractivity contribution >= 4 is 29.3 Å². The molecule has 0 aromatic carbocycles. The van der Waals surface area contributed by atoms with Crippen LogP contribution in [0.25, 0.3) is 0 Å². The van der Waals surface area contributed by atoms with Gasteiger partial charge in [0, 0.05) is 40.1 Å². The normalized spacial score (nSPS) is 38.2. The molecule has 0 bridgehead atoms. The fourth-order valence-electron chi connectivity index (χ4n) is 8.40. The van der Waals surface area contributed by atoms with Crippen LogP contribution in [-0.2, 0) is 28.9 Å². The molecule has 2 aliphatic carbocycles. The summed E-state index contributed by atoms with van der Waals surface area (Å²) in [6.07, 6.45) is 9.17. The van der Waals surface area contributed by atoms with Gasteiger partial charge in [0.2, 0.25) is 0 Å². The molecule has 9 unspecified atom stereocenters. The summed E-state index contributed by atoms with van der Waals surface area (Å²) in [6.45, 7) is 7.42. The Bertz CT molecular complexity index is 1140. The first-order chi connectivity index (χ1) is 19.3. The number of piperidine rings is 1. The van der Waals surface area contributed by atoms with Crippen LogP contribution in [0.4, 0.5) is 0 Å². The molecule has 0 spiro atoms. The molecule has 8 nitrogen and oxygen atoms in total. The lowest BCUT2D eigenvalue weighted by Crippen LogP contribution is -2.57. The topological polar surface area (TPSA) is 96.7 Å². The number of hydrogen-bond donors (Lipinski definition) is 2. The summed E-state index contributed by atoms with van der Waals surface area (Å²) in [5.74, 6) is 1.08. The van der Waals surface area contributed by atoms with Gasteiger partial charge in [-0.05, 0) is 96.6 Å². The SMILES string of the molecule is Cc1nc2c(c(=O)n1CCOC1CCC(Cl)CC1C1CC(C)NC3C(C(=O)O)CSC13)CC(N1CCCC1)CC2. The maximum atomic E-state index is 13.7. The average molecular weight is 593 g/mol. The molecule has 6 rings (SSSR count). The predicted molar refractivity (Wildman–Crippen MR) is 158 cm³/mol. The maximum Gasteiger partial charge on any atom is 0.308 e. The smallest absolute Gasteiger partial charge is 0.308 e. The molecule has 3 saturated heterocycles. The second-order valence-corrected chi connectivity index (χ2v) is 14.7. The van der Waals surface area contributed by atoms with E-state index in [1.807, 2.05) is 23.3 Å². The molecule has 222 valence electrons. The van der Waals surface area contributed by atoms with Crippen molar-refractivity contribution in [1.29, 1.82) is 0 Å². The maximum absolute atomic E-state index is 13.7. The standard InChI is InChI=1S/C30H45ClN4O4S/c1-17-13-22(28-27(32-17)24(16-40-28)30(37)38)21-14-19(31)5-8-26(21)39-12-11-35-18(2)33-25-7-6-20(15-23(25)29(35)36)34-9-3-4-10-34/h17,19-22,24,26-28,32H,3-16H2,1-2H3,(H,37,38). The Morgan fingerprint density at radius 3 is 2.77 bits per heavy atom. The summed E-state index contributed by atoms with van der Waals surface area (Å²) in [7, 11) is 0. The second kappa shape index (κ2) is 12.2. The van der Waals surface area contributed by atoms with Crippen molar-refractivity contribution in [3.63, 3.8) is 0 Å². The minimum atomic E-state index is -0.696. The number of halogens is 1. The van der Waals surface area contributed by atoms with E-state index in [0.29, 0.717) is 36.8 Å². The molecule has 1 saturated carbocycles. The second-order valence-electron chi connectivity index (χ2n) is 12.9. The Kier molecular flexibility index (Phi) is 8.86. The van der Waals surface area contributed by atoms with E-state index >= 15 is 0 Å². The Morgan fingerprint density at radius 2 is 2.00 bits per heavy atom. The lowest BCUT2D eigenvalue weighted by molar-refractivity contribution is -0.142. The zero-order chi connectivity index (χ0) is 28.0. The number of alkyl halides is 1. The molecule has 10 heteroatoms. The molecule has 4 heterocycles. The highest BCUT2D eigenvalue weighted by Gasteiger charge is 2.51. The van der Waals surface area contributed by atoms with Gasteiger partial charge in [-0.2, -0.15) is 11.8 Å². The summed E-state index contributed by atoms with van der Waals surface area (Å²) in [4.78, 5) is 33.0. The van der Waals surface area contributed by atoms with E-state index in [1.165, 1.54) is 12.8 Å². The Morgan fingerprint density at radius 1 is 1.20 bits per heavy atom. The van der Waals surface area contributed by atoms with Gasteiger partial charge in [0.1, 0.15) is 5.82 Å². The summed E-state index contributed by atoms with van der Waals surface area (Å²) in [6, 6.07) is 0.740. The number of carboxylic acid groups (broad SMARTS) is 1. The summed E-state index contributed by atoms with van der Waals surface area (Å²) >= 11 is 8.54. The van der Waals surface area contributed by atoms with Crippen LogP contribution in [0.15, 0.2) is 4.79 Å². The molecule has 2 N–H and O–H groups in total. The number of thioether (sulfide) groups is 1. The summed E-state index contributed by atoms with van der Waals surface area (Å²) < 4.78 is 8.45. The van der Waals surface area contributed by atoms with Crippen molar-refractivity contribution in [3.05, 3.63) is 27.4 Å². The van der Waals surface area contributed by atoms with Crippen molar-refractivity contribution in [1.82, 2.24) is 19.8 Å². The third-order valence-corrected chi connectivity index (χ3v) is 12.4. The number of carbonyl (C=O) groups is 1. The van der Waals surface area contributed by atoms with Crippen molar-refractivity contribution in [3.8, 4) is 0 Å². The van der Waals surface area contributed by atoms with E-state index in [9.17, 15) is 14.7 Å². The van der Waals surface area contributed by atoms with Gasteiger partial charge in [-0.1, -0.05) is 0 Å². The number of likely N-dealkylation sites (tertiary alicyclic amines) is 1. The molecule has 1 aromatic rings. The number of aromatic nitrogens is 2. The molecular formula is C30H45ClN4O4S. The summed E-state index contributed by atoms with van der Waals surface area (Å²) in [5.41, 5.74) is 2.03. The number of nitrogens with zero attached hydrogens (tertiary/aromatic N) is 3. The number of aliphatic carboxylic acids is 1. The van der Waals surface area contributed by atoms with E-state index in [-0.39, 0.29) is 40.3 Å². The predicted octanol–water partition coefficient (Wildman–Crippen LogP) is 3.48. The van der Waals surface area contributed by atoms with Crippen LogP contribution in [-0.4, -0.2) is 85.8 Å². The van der Waals surface area contributed by atoms with E-state index < -0.39 is 5.97 Å². The van der Waals surface area contributed by atoms with Crippen LogP contribution < -0.4 is 10.9 Å². The van der Waals surface area contributed by atoms with Crippen LogP contribution in [0.3, 0.4) is 0 Å². The Labute approximate surface area is 247 Å². The number of carboxylic acids is 1. The van der Waals surface area contributed by atoms with Crippen LogP contribution in [0.5, 0.6) is 0 Å². The molecule has 0 radical (unpaired) electrons. The van der Waals surface area contributed by atoms with Gasteiger partial charge in [0.15, 0.2) is 0 Å². The minimum absolute atomic E-state index is 0.000200. The molecule has 4 fully saturated rings. The molecule has 5 aliphatic rings. The molecular weight excluding hydrogens is 548 g/mol. The first-order valence-electron chi connectivity index (χ1n) is 15.5. The number of aryl methyl sites for hydroxylation is 2. The fraction of sp³-hybridized carbons (Fsp3) is 0.833. The molecule has 3 aliphatic heterocycles. The van der Waals surface area contributed by atoms with Crippen LogP contribution in [0.1, 0.15) is 69.0 Å².